The van der Waals surface area contributed by atoms with E-state index in [1.165, 1.54) is 0 Å². The normalized spacial score (nSPS) is 24.6. The van der Waals surface area contributed by atoms with Crippen LogP contribution in [0.4, 0.5) is 0 Å². The third-order valence-corrected chi connectivity index (χ3v) is 4.67. The standard InChI is InChI=1S/C24H28O4/c1-2-9-22-21(25)14-15-23(27-17-20-12-7-4-8-13-20)24(28-22)18-26-16-19-10-5-3-6-11-19/h2-8,10-15,21-25H,1,9,16-18H2/t21-,22+,23+,24-/m0/s1. The van der Waals surface area contributed by atoms with Gasteiger partial charge in [0.05, 0.1) is 32.0 Å². The minimum absolute atomic E-state index is 0.305. The van der Waals surface area contributed by atoms with Crippen molar-refractivity contribution in [3.05, 3.63) is 96.6 Å². The van der Waals surface area contributed by atoms with Gasteiger partial charge in [0.2, 0.25) is 0 Å². The molecule has 0 saturated heterocycles. The molecule has 0 aliphatic carbocycles. The molecule has 0 unspecified atom stereocenters. The maximum atomic E-state index is 10.3. The fourth-order valence-corrected chi connectivity index (χ4v) is 3.14. The average molecular weight is 380 g/mol. The van der Waals surface area contributed by atoms with E-state index in [1.54, 1.807) is 12.2 Å². The van der Waals surface area contributed by atoms with E-state index in [1.807, 2.05) is 66.7 Å². The van der Waals surface area contributed by atoms with Crippen molar-refractivity contribution in [2.75, 3.05) is 6.61 Å². The van der Waals surface area contributed by atoms with E-state index in [0.29, 0.717) is 26.2 Å². The lowest BCUT2D eigenvalue weighted by atomic mass is 10.1. The average Bonchev–Trinajstić information content (AvgIpc) is 2.88. The Morgan fingerprint density at radius 2 is 1.54 bits per heavy atom. The Kier molecular flexibility index (Phi) is 8.00. The first kappa shape index (κ1) is 20.5. The zero-order valence-corrected chi connectivity index (χ0v) is 16.0. The summed E-state index contributed by atoms with van der Waals surface area (Å²) >= 11 is 0. The third-order valence-electron chi connectivity index (χ3n) is 4.67. The van der Waals surface area contributed by atoms with Gasteiger partial charge in [-0.05, 0) is 17.5 Å². The molecule has 2 aromatic carbocycles. The summed E-state index contributed by atoms with van der Waals surface area (Å²) < 4.78 is 18.2. The molecule has 4 heteroatoms. The van der Waals surface area contributed by atoms with Gasteiger partial charge in [0, 0.05) is 0 Å². The van der Waals surface area contributed by atoms with Crippen molar-refractivity contribution >= 4 is 0 Å². The number of hydrogen-bond acceptors (Lipinski definition) is 4. The lowest BCUT2D eigenvalue weighted by Gasteiger charge is -2.28. The van der Waals surface area contributed by atoms with Crippen molar-refractivity contribution in [3.63, 3.8) is 0 Å². The molecule has 0 fully saturated rings. The molecule has 4 nitrogen and oxygen atoms in total. The number of ether oxygens (including phenoxy) is 3. The Labute approximate surface area is 167 Å². The largest absolute Gasteiger partial charge is 0.386 e. The summed E-state index contributed by atoms with van der Waals surface area (Å²) in [5.74, 6) is 0. The molecule has 148 valence electrons. The number of hydrogen-bond donors (Lipinski definition) is 1. The second-order valence-corrected chi connectivity index (χ2v) is 6.87. The third kappa shape index (κ3) is 6.14. The molecular weight excluding hydrogens is 352 g/mol. The van der Waals surface area contributed by atoms with Crippen LogP contribution in [0.25, 0.3) is 0 Å². The van der Waals surface area contributed by atoms with Crippen molar-refractivity contribution in [2.24, 2.45) is 0 Å². The van der Waals surface area contributed by atoms with E-state index in [-0.39, 0.29) is 18.3 Å². The van der Waals surface area contributed by atoms with E-state index in [9.17, 15) is 5.11 Å². The Bertz CT molecular complexity index is 729. The molecule has 1 heterocycles. The molecule has 0 spiro atoms. The minimum Gasteiger partial charge on any atom is -0.386 e. The van der Waals surface area contributed by atoms with Gasteiger partial charge >= 0.3 is 0 Å². The van der Waals surface area contributed by atoms with E-state index >= 15 is 0 Å². The molecule has 0 bridgehead atoms. The van der Waals surface area contributed by atoms with Crippen LogP contribution in [0.2, 0.25) is 0 Å². The van der Waals surface area contributed by atoms with Crippen molar-refractivity contribution in [2.45, 2.75) is 44.1 Å². The van der Waals surface area contributed by atoms with Crippen molar-refractivity contribution in [1.82, 2.24) is 0 Å². The number of rotatable bonds is 9. The van der Waals surface area contributed by atoms with Crippen LogP contribution in [0.5, 0.6) is 0 Å². The molecule has 0 aromatic heterocycles. The number of benzene rings is 2. The molecular formula is C24H28O4. The molecule has 1 aliphatic rings. The van der Waals surface area contributed by atoms with Gasteiger partial charge in [0.1, 0.15) is 12.2 Å². The highest BCUT2D eigenvalue weighted by Crippen LogP contribution is 2.21. The Balaban J connectivity index is 1.64. The molecule has 2 aromatic rings. The maximum absolute atomic E-state index is 10.3. The summed E-state index contributed by atoms with van der Waals surface area (Å²) in [5, 5.41) is 10.3. The monoisotopic (exact) mass is 380 g/mol. The Hall–Kier alpha value is -2.24. The van der Waals surface area contributed by atoms with E-state index in [2.05, 4.69) is 6.58 Å². The summed E-state index contributed by atoms with van der Waals surface area (Å²) in [6, 6.07) is 20.0. The highest BCUT2D eigenvalue weighted by Gasteiger charge is 2.30. The molecule has 3 rings (SSSR count). The zero-order chi connectivity index (χ0) is 19.6. The summed E-state index contributed by atoms with van der Waals surface area (Å²) in [4.78, 5) is 0. The smallest absolute Gasteiger partial charge is 0.111 e. The van der Waals surface area contributed by atoms with Gasteiger partial charge in [-0.25, -0.2) is 0 Å². The second kappa shape index (κ2) is 10.9. The zero-order valence-electron chi connectivity index (χ0n) is 16.0. The van der Waals surface area contributed by atoms with Gasteiger partial charge in [-0.15, -0.1) is 6.58 Å². The van der Waals surface area contributed by atoms with Crippen LogP contribution in [-0.4, -0.2) is 36.1 Å². The first-order chi connectivity index (χ1) is 13.8. The van der Waals surface area contributed by atoms with Gasteiger partial charge in [0.25, 0.3) is 0 Å². The lowest BCUT2D eigenvalue weighted by Crippen LogP contribution is -2.38. The van der Waals surface area contributed by atoms with E-state index in [0.717, 1.165) is 11.1 Å². The SMILES string of the molecule is C=CC[C@H]1O[C@@H](COCc2ccccc2)[C@H](OCc2ccccc2)C=C[C@@H]1O. The predicted octanol–water partition coefficient (Wildman–Crippen LogP) is 4.05. The van der Waals surface area contributed by atoms with E-state index in [4.69, 9.17) is 14.2 Å². The summed E-state index contributed by atoms with van der Waals surface area (Å²) in [5.41, 5.74) is 2.20. The molecule has 0 saturated carbocycles. The van der Waals surface area contributed by atoms with Crippen LogP contribution in [-0.2, 0) is 27.4 Å². The molecule has 1 N–H and O–H groups in total. The van der Waals surface area contributed by atoms with Gasteiger partial charge in [-0.2, -0.15) is 0 Å². The van der Waals surface area contributed by atoms with Gasteiger partial charge < -0.3 is 19.3 Å². The first-order valence-electron chi connectivity index (χ1n) is 9.66. The van der Waals surface area contributed by atoms with Crippen LogP contribution in [0, 0.1) is 0 Å². The van der Waals surface area contributed by atoms with Gasteiger partial charge in [-0.1, -0.05) is 78.9 Å². The van der Waals surface area contributed by atoms with Crippen molar-refractivity contribution < 1.29 is 19.3 Å². The van der Waals surface area contributed by atoms with Gasteiger partial charge in [0.15, 0.2) is 0 Å². The van der Waals surface area contributed by atoms with Crippen LogP contribution in [0.1, 0.15) is 17.5 Å². The van der Waals surface area contributed by atoms with Crippen LogP contribution < -0.4 is 0 Å². The predicted molar refractivity (Wildman–Crippen MR) is 110 cm³/mol. The highest BCUT2D eigenvalue weighted by molar-refractivity contribution is 5.14. The molecule has 4 atom stereocenters. The lowest BCUT2D eigenvalue weighted by molar-refractivity contribution is -0.132. The summed E-state index contributed by atoms with van der Waals surface area (Å²) in [6.45, 7) is 5.11. The van der Waals surface area contributed by atoms with Crippen LogP contribution in [0.15, 0.2) is 85.5 Å². The summed E-state index contributed by atoms with van der Waals surface area (Å²) in [7, 11) is 0. The Morgan fingerprint density at radius 1 is 0.893 bits per heavy atom. The molecule has 0 amide bonds. The first-order valence-corrected chi connectivity index (χ1v) is 9.66. The van der Waals surface area contributed by atoms with Crippen molar-refractivity contribution in [3.8, 4) is 0 Å². The van der Waals surface area contributed by atoms with Crippen LogP contribution >= 0.6 is 0 Å². The summed E-state index contributed by atoms with van der Waals surface area (Å²) in [6.07, 6.45) is 4.28. The highest BCUT2D eigenvalue weighted by atomic mass is 16.6. The fraction of sp³-hybridized carbons (Fsp3) is 0.333. The van der Waals surface area contributed by atoms with Crippen molar-refractivity contribution in [1.29, 1.82) is 0 Å². The second-order valence-electron chi connectivity index (χ2n) is 6.87. The topological polar surface area (TPSA) is 47.9 Å². The van der Waals surface area contributed by atoms with E-state index < -0.39 is 6.10 Å². The quantitative estimate of drug-likeness (QED) is 0.667. The fourth-order valence-electron chi connectivity index (χ4n) is 3.14. The molecule has 1 aliphatic heterocycles. The Morgan fingerprint density at radius 3 is 2.18 bits per heavy atom. The minimum atomic E-state index is -0.694. The maximum Gasteiger partial charge on any atom is 0.111 e. The molecule has 0 radical (unpaired) electrons. The van der Waals surface area contributed by atoms with Gasteiger partial charge in [-0.3, -0.25) is 0 Å². The van der Waals surface area contributed by atoms with Crippen LogP contribution in [0.3, 0.4) is 0 Å². The number of aliphatic hydroxyl groups excluding tert-OH is 1. The molecule has 28 heavy (non-hydrogen) atoms. The number of aliphatic hydroxyl groups is 1.